The molecule has 3 aromatic heterocycles. The molecule has 126 valence electrons. The third-order valence-electron chi connectivity index (χ3n) is 4.45. The lowest BCUT2D eigenvalue weighted by atomic mass is 10.0. The Labute approximate surface area is 143 Å². The molecule has 24 heavy (non-hydrogen) atoms. The summed E-state index contributed by atoms with van der Waals surface area (Å²) in [6.45, 7) is 8.36. The highest BCUT2D eigenvalue weighted by molar-refractivity contribution is 5.20. The van der Waals surface area contributed by atoms with Gasteiger partial charge in [-0.3, -0.25) is 9.47 Å². The molecule has 3 aromatic rings. The van der Waals surface area contributed by atoms with Gasteiger partial charge in [-0.15, -0.1) is 0 Å². The van der Waals surface area contributed by atoms with Gasteiger partial charge < -0.3 is 4.42 Å². The van der Waals surface area contributed by atoms with Crippen molar-refractivity contribution in [3.8, 4) is 5.95 Å². The molecular weight excluding hydrogens is 300 g/mol. The summed E-state index contributed by atoms with van der Waals surface area (Å²) >= 11 is 0. The van der Waals surface area contributed by atoms with E-state index in [1.807, 2.05) is 35.0 Å². The molecule has 0 aliphatic rings. The van der Waals surface area contributed by atoms with E-state index in [9.17, 15) is 0 Å². The summed E-state index contributed by atoms with van der Waals surface area (Å²) in [6.07, 6.45) is 7.27. The Bertz CT molecular complexity index is 734. The van der Waals surface area contributed by atoms with Crippen LogP contribution in [0.3, 0.4) is 0 Å². The second kappa shape index (κ2) is 7.45. The first kappa shape index (κ1) is 16.5. The molecule has 5 heteroatoms. The summed E-state index contributed by atoms with van der Waals surface area (Å²) in [6, 6.07) is 10.4. The first-order valence-electron chi connectivity index (χ1n) is 8.35. The van der Waals surface area contributed by atoms with Gasteiger partial charge in [0.05, 0.1) is 12.8 Å². The molecule has 0 amide bonds. The molecule has 0 aliphatic carbocycles. The Balaban J connectivity index is 1.84. The third-order valence-corrected chi connectivity index (χ3v) is 4.45. The highest BCUT2D eigenvalue weighted by atomic mass is 16.3. The van der Waals surface area contributed by atoms with E-state index in [-0.39, 0.29) is 0 Å². The van der Waals surface area contributed by atoms with E-state index in [1.54, 1.807) is 18.7 Å². The van der Waals surface area contributed by atoms with Crippen LogP contribution in [0.5, 0.6) is 0 Å². The lowest BCUT2D eigenvalue weighted by Gasteiger charge is -2.31. The van der Waals surface area contributed by atoms with E-state index in [0.29, 0.717) is 17.9 Å². The van der Waals surface area contributed by atoms with Crippen LogP contribution in [0, 0.1) is 5.92 Å². The van der Waals surface area contributed by atoms with Gasteiger partial charge >= 0.3 is 0 Å². The molecule has 0 bridgehead atoms. The summed E-state index contributed by atoms with van der Waals surface area (Å²) in [7, 11) is 0. The van der Waals surface area contributed by atoms with Crippen molar-refractivity contribution in [1.29, 1.82) is 0 Å². The highest BCUT2D eigenvalue weighted by Crippen LogP contribution is 2.19. The van der Waals surface area contributed by atoms with Crippen LogP contribution in [0.2, 0.25) is 0 Å². The Morgan fingerprint density at radius 2 is 1.83 bits per heavy atom. The fourth-order valence-electron chi connectivity index (χ4n) is 2.73. The molecule has 0 saturated carbocycles. The zero-order valence-electron chi connectivity index (χ0n) is 14.5. The lowest BCUT2D eigenvalue weighted by molar-refractivity contribution is 0.138. The van der Waals surface area contributed by atoms with Gasteiger partial charge in [-0.2, -0.15) is 0 Å². The molecule has 3 heterocycles. The molecule has 3 rings (SSSR count). The van der Waals surface area contributed by atoms with Gasteiger partial charge in [0, 0.05) is 36.9 Å². The summed E-state index contributed by atoms with van der Waals surface area (Å²) in [4.78, 5) is 11.1. The average molecular weight is 324 g/mol. The van der Waals surface area contributed by atoms with Crippen LogP contribution < -0.4 is 0 Å². The Kier molecular flexibility index (Phi) is 5.11. The fraction of sp³-hybridized carbons (Fsp3) is 0.368. The standard InChI is InChI=1S/C19H24N4O/c1-15(2)16(3)22(14-18-8-5-12-24-18)13-17-7-4-11-23(17)19-20-9-6-10-21-19/h4-12,15-16H,13-14H2,1-3H3/t16-/m1/s1. The normalized spacial score (nSPS) is 12.9. The molecule has 0 fully saturated rings. The SMILES string of the molecule is CC(C)[C@@H](C)N(Cc1ccco1)Cc1cccn1-c1ncccn1. The predicted molar refractivity (Wildman–Crippen MR) is 93.6 cm³/mol. The Morgan fingerprint density at radius 1 is 1.04 bits per heavy atom. The van der Waals surface area contributed by atoms with Crippen LogP contribution in [0.25, 0.3) is 5.95 Å². The van der Waals surface area contributed by atoms with Crippen LogP contribution in [-0.2, 0) is 13.1 Å². The van der Waals surface area contributed by atoms with Crippen molar-refractivity contribution >= 4 is 0 Å². The van der Waals surface area contributed by atoms with E-state index in [4.69, 9.17) is 4.42 Å². The van der Waals surface area contributed by atoms with Crippen molar-refractivity contribution in [2.45, 2.75) is 39.9 Å². The number of hydrogen-bond donors (Lipinski definition) is 0. The maximum Gasteiger partial charge on any atom is 0.233 e. The van der Waals surface area contributed by atoms with Gasteiger partial charge in [-0.05, 0) is 43.2 Å². The van der Waals surface area contributed by atoms with E-state index < -0.39 is 0 Å². The zero-order chi connectivity index (χ0) is 16.9. The smallest absolute Gasteiger partial charge is 0.233 e. The topological polar surface area (TPSA) is 47.1 Å². The average Bonchev–Trinajstić information content (AvgIpc) is 3.26. The molecule has 1 atom stereocenters. The Morgan fingerprint density at radius 3 is 2.50 bits per heavy atom. The molecule has 0 unspecified atom stereocenters. The molecule has 0 saturated heterocycles. The van der Waals surface area contributed by atoms with Crippen LogP contribution in [0.1, 0.15) is 32.2 Å². The molecule has 0 radical (unpaired) electrons. The molecule has 0 spiro atoms. The predicted octanol–water partition coefficient (Wildman–Crippen LogP) is 3.91. The second-order valence-corrected chi connectivity index (χ2v) is 6.39. The summed E-state index contributed by atoms with van der Waals surface area (Å²) in [5.74, 6) is 2.24. The van der Waals surface area contributed by atoms with Crippen molar-refractivity contribution in [3.05, 3.63) is 66.6 Å². The number of furan rings is 1. The van der Waals surface area contributed by atoms with Crippen molar-refractivity contribution < 1.29 is 4.42 Å². The third kappa shape index (κ3) is 3.74. The van der Waals surface area contributed by atoms with Crippen molar-refractivity contribution in [3.63, 3.8) is 0 Å². The molecule has 0 aliphatic heterocycles. The molecule has 5 nitrogen and oxygen atoms in total. The summed E-state index contributed by atoms with van der Waals surface area (Å²) in [5.41, 5.74) is 1.17. The van der Waals surface area contributed by atoms with E-state index in [0.717, 1.165) is 18.8 Å². The van der Waals surface area contributed by atoms with Gasteiger partial charge in [0.25, 0.3) is 0 Å². The first-order valence-corrected chi connectivity index (χ1v) is 8.35. The van der Waals surface area contributed by atoms with Crippen molar-refractivity contribution in [1.82, 2.24) is 19.4 Å². The fourth-order valence-corrected chi connectivity index (χ4v) is 2.73. The van der Waals surface area contributed by atoms with Crippen LogP contribution >= 0.6 is 0 Å². The van der Waals surface area contributed by atoms with Gasteiger partial charge in [-0.25, -0.2) is 9.97 Å². The quantitative estimate of drug-likeness (QED) is 0.661. The molecule has 0 aromatic carbocycles. The van der Waals surface area contributed by atoms with Crippen LogP contribution in [0.4, 0.5) is 0 Å². The maximum absolute atomic E-state index is 5.55. The van der Waals surface area contributed by atoms with Crippen LogP contribution in [-0.4, -0.2) is 25.5 Å². The lowest BCUT2D eigenvalue weighted by Crippen LogP contribution is -2.36. The van der Waals surface area contributed by atoms with Gasteiger partial charge in [0.15, 0.2) is 0 Å². The second-order valence-electron chi connectivity index (χ2n) is 6.39. The minimum atomic E-state index is 0.426. The zero-order valence-corrected chi connectivity index (χ0v) is 14.5. The van der Waals surface area contributed by atoms with E-state index >= 15 is 0 Å². The molecule has 0 N–H and O–H groups in total. The largest absolute Gasteiger partial charge is 0.468 e. The highest BCUT2D eigenvalue weighted by Gasteiger charge is 2.20. The maximum atomic E-state index is 5.55. The number of aromatic nitrogens is 3. The minimum Gasteiger partial charge on any atom is -0.468 e. The first-order chi connectivity index (χ1) is 11.6. The van der Waals surface area contributed by atoms with Crippen molar-refractivity contribution in [2.75, 3.05) is 0 Å². The molecular formula is C19H24N4O. The van der Waals surface area contributed by atoms with Gasteiger partial charge in [0.1, 0.15) is 5.76 Å². The Hall–Kier alpha value is -2.40. The van der Waals surface area contributed by atoms with Gasteiger partial charge in [-0.1, -0.05) is 13.8 Å². The van der Waals surface area contributed by atoms with Crippen molar-refractivity contribution in [2.24, 2.45) is 5.92 Å². The van der Waals surface area contributed by atoms with E-state index in [2.05, 4.69) is 41.7 Å². The summed E-state index contributed by atoms with van der Waals surface area (Å²) < 4.78 is 7.60. The number of nitrogens with zero attached hydrogens (tertiary/aromatic N) is 4. The monoisotopic (exact) mass is 324 g/mol. The summed E-state index contributed by atoms with van der Waals surface area (Å²) in [5, 5.41) is 0. The minimum absolute atomic E-state index is 0.426. The van der Waals surface area contributed by atoms with Gasteiger partial charge in [0.2, 0.25) is 5.95 Å². The van der Waals surface area contributed by atoms with Crippen LogP contribution in [0.15, 0.2) is 59.6 Å². The number of rotatable bonds is 7. The van der Waals surface area contributed by atoms with E-state index in [1.165, 1.54) is 5.69 Å². The number of hydrogen-bond acceptors (Lipinski definition) is 4.